The van der Waals surface area contributed by atoms with Crippen LogP contribution in [0.2, 0.25) is 5.02 Å². The lowest BCUT2D eigenvalue weighted by Gasteiger charge is -2.24. The summed E-state index contributed by atoms with van der Waals surface area (Å²) in [5, 5.41) is 0.808. The normalized spacial score (nSPS) is 15.6. The van der Waals surface area contributed by atoms with Crippen LogP contribution in [0.1, 0.15) is 36.0 Å². The van der Waals surface area contributed by atoms with Gasteiger partial charge in [-0.15, -0.1) is 0 Å². The minimum Gasteiger partial charge on any atom is -0.342 e. The number of fused-ring (bicyclic) bond motifs is 1. The Bertz CT molecular complexity index is 683. The second-order valence-corrected chi connectivity index (χ2v) is 6.95. The Balaban J connectivity index is 1.64. The molecule has 0 unspecified atom stereocenters. The molecule has 0 saturated heterocycles. The molecule has 0 atom stereocenters. The summed E-state index contributed by atoms with van der Waals surface area (Å²) in [7, 11) is 0. The summed E-state index contributed by atoms with van der Waals surface area (Å²) in [6.07, 6.45) is 5.74. The molecular weight excluding hydrogens is 318 g/mol. The molecule has 0 fully saturated rings. The largest absolute Gasteiger partial charge is 0.342 e. The molecule has 24 heavy (non-hydrogen) atoms. The molecule has 0 radical (unpaired) electrons. The van der Waals surface area contributed by atoms with E-state index in [1.54, 1.807) is 0 Å². The van der Waals surface area contributed by atoms with E-state index in [2.05, 4.69) is 12.1 Å². The fraction of sp³-hybridized carbons (Fsp3) is 0.381. The molecule has 1 amide bonds. The second kappa shape index (κ2) is 8.34. The Labute approximate surface area is 149 Å². The molecule has 2 aromatic carbocycles. The molecule has 1 heterocycles. The van der Waals surface area contributed by atoms with Gasteiger partial charge >= 0.3 is 0 Å². The van der Waals surface area contributed by atoms with Gasteiger partial charge in [0.05, 0.1) is 6.42 Å². The summed E-state index contributed by atoms with van der Waals surface area (Å²) in [5.74, 6) is 0.244. The number of benzene rings is 2. The Hall–Kier alpha value is -1.80. The van der Waals surface area contributed by atoms with E-state index in [4.69, 9.17) is 11.6 Å². The fourth-order valence-corrected chi connectivity index (χ4v) is 3.59. The van der Waals surface area contributed by atoms with Gasteiger partial charge in [-0.1, -0.05) is 48.0 Å². The van der Waals surface area contributed by atoms with Crippen LogP contribution >= 0.6 is 11.6 Å². The van der Waals surface area contributed by atoms with Gasteiger partial charge in [-0.3, -0.25) is 4.79 Å². The van der Waals surface area contributed by atoms with E-state index in [1.165, 1.54) is 11.1 Å². The third-order valence-electron chi connectivity index (χ3n) is 4.72. The number of hydrogen-bond acceptors (Lipinski definition) is 1. The van der Waals surface area contributed by atoms with E-state index in [9.17, 15) is 4.79 Å². The van der Waals surface area contributed by atoms with Gasteiger partial charge in [0.1, 0.15) is 0 Å². The minimum absolute atomic E-state index is 0.244. The Morgan fingerprint density at radius 2 is 1.67 bits per heavy atom. The SMILES string of the molecule is O=C(Cc1ccccc1)N1CCCCc2ccc(Cl)cc2CCC1. The first-order valence-electron chi connectivity index (χ1n) is 8.81. The highest BCUT2D eigenvalue weighted by atomic mass is 35.5. The number of carbonyl (C=O) groups excluding carboxylic acids is 1. The van der Waals surface area contributed by atoms with Crippen LogP contribution in [0, 0.1) is 0 Å². The van der Waals surface area contributed by atoms with Crippen molar-refractivity contribution in [2.75, 3.05) is 13.1 Å². The number of hydrogen-bond donors (Lipinski definition) is 0. The van der Waals surface area contributed by atoms with Gasteiger partial charge in [-0.25, -0.2) is 0 Å². The average Bonchev–Trinajstić information content (AvgIpc) is 2.59. The van der Waals surface area contributed by atoms with Gasteiger partial charge in [-0.2, -0.15) is 0 Å². The molecule has 1 aliphatic rings. The number of rotatable bonds is 2. The molecule has 2 aromatic rings. The summed E-state index contributed by atoms with van der Waals surface area (Å²) in [6, 6.07) is 16.3. The molecule has 0 bridgehead atoms. The van der Waals surface area contributed by atoms with Crippen molar-refractivity contribution in [1.29, 1.82) is 0 Å². The minimum atomic E-state index is 0.244. The predicted octanol–water partition coefficient (Wildman–Crippen LogP) is 4.68. The first-order valence-corrected chi connectivity index (χ1v) is 9.19. The van der Waals surface area contributed by atoms with Crippen LogP contribution < -0.4 is 0 Å². The number of amides is 1. The maximum Gasteiger partial charge on any atom is 0.226 e. The third kappa shape index (κ3) is 4.61. The van der Waals surface area contributed by atoms with Crippen molar-refractivity contribution >= 4 is 17.5 Å². The molecule has 0 spiro atoms. The lowest BCUT2D eigenvalue weighted by atomic mass is 9.97. The molecule has 0 saturated carbocycles. The lowest BCUT2D eigenvalue weighted by Crippen LogP contribution is -2.34. The zero-order valence-corrected chi connectivity index (χ0v) is 14.8. The highest BCUT2D eigenvalue weighted by Gasteiger charge is 2.15. The van der Waals surface area contributed by atoms with Crippen molar-refractivity contribution < 1.29 is 4.79 Å². The quantitative estimate of drug-likeness (QED) is 0.776. The Morgan fingerprint density at radius 3 is 2.50 bits per heavy atom. The van der Waals surface area contributed by atoms with Crippen molar-refractivity contribution in [3.05, 3.63) is 70.2 Å². The van der Waals surface area contributed by atoms with Crippen molar-refractivity contribution in [1.82, 2.24) is 4.90 Å². The van der Waals surface area contributed by atoms with Gasteiger partial charge in [-0.05, 0) is 60.9 Å². The molecule has 126 valence electrons. The van der Waals surface area contributed by atoms with E-state index in [1.807, 2.05) is 41.3 Å². The number of carbonyl (C=O) groups is 1. The molecule has 1 aliphatic heterocycles. The molecule has 0 aliphatic carbocycles. The van der Waals surface area contributed by atoms with Crippen LogP contribution in [0.3, 0.4) is 0 Å². The van der Waals surface area contributed by atoms with Gasteiger partial charge in [0.2, 0.25) is 5.91 Å². The van der Waals surface area contributed by atoms with Crippen molar-refractivity contribution in [2.24, 2.45) is 0 Å². The molecule has 3 rings (SSSR count). The summed E-state index contributed by atoms with van der Waals surface area (Å²) in [4.78, 5) is 14.7. The van der Waals surface area contributed by atoms with Crippen LogP contribution in [0.15, 0.2) is 48.5 Å². The molecule has 2 nitrogen and oxygen atoms in total. The Kier molecular flexibility index (Phi) is 5.92. The third-order valence-corrected chi connectivity index (χ3v) is 4.95. The first kappa shape index (κ1) is 17.0. The maximum absolute atomic E-state index is 12.6. The number of halogens is 1. The highest BCUT2D eigenvalue weighted by molar-refractivity contribution is 6.30. The van der Waals surface area contributed by atoms with Crippen molar-refractivity contribution in [3.63, 3.8) is 0 Å². The zero-order valence-electron chi connectivity index (χ0n) is 14.0. The van der Waals surface area contributed by atoms with Crippen molar-refractivity contribution in [3.8, 4) is 0 Å². The number of nitrogens with zero attached hydrogens (tertiary/aromatic N) is 1. The van der Waals surface area contributed by atoms with Crippen LogP contribution in [0.25, 0.3) is 0 Å². The summed E-state index contributed by atoms with van der Waals surface area (Å²) < 4.78 is 0. The smallest absolute Gasteiger partial charge is 0.226 e. The average molecular weight is 342 g/mol. The number of aryl methyl sites for hydroxylation is 2. The highest BCUT2D eigenvalue weighted by Crippen LogP contribution is 2.21. The molecule has 0 aromatic heterocycles. The standard InChI is InChI=1S/C21H24ClNO/c22-20-12-11-18-9-4-5-13-23(14-6-10-19(18)16-20)21(24)15-17-7-2-1-3-8-17/h1-3,7-8,11-12,16H,4-6,9-10,13-15H2. The first-order chi connectivity index (χ1) is 11.7. The van der Waals surface area contributed by atoms with Crippen LogP contribution in [-0.4, -0.2) is 23.9 Å². The second-order valence-electron chi connectivity index (χ2n) is 6.52. The fourth-order valence-electron chi connectivity index (χ4n) is 3.39. The topological polar surface area (TPSA) is 20.3 Å². The Morgan fingerprint density at radius 1 is 0.917 bits per heavy atom. The maximum atomic E-state index is 12.6. The van der Waals surface area contributed by atoms with Crippen molar-refractivity contribution in [2.45, 2.75) is 38.5 Å². The van der Waals surface area contributed by atoms with Gasteiger partial charge in [0.15, 0.2) is 0 Å². The van der Waals surface area contributed by atoms with Gasteiger partial charge in [0, 0.05) is 18.1 Å². The van der Waals surface area contributed by atoms with Crippen LogP contribution in [0.4, 0.5) is 0 Å². The van der Waals surface area contributed by atoms with Crippen LogP contribution in [0.5, 0.6) is 0 Å². The van der Waals surface area contributed by atoms with Crippen LogP contribution in [-0.2, 0) is 24.1 Å². The summed E-state index contributed by atoms with van der Waals surface area (Å²) in [6.45, 7) is 1.70. The lowest BCUT2D eigenvalue weighted by molar-refractivity contribution is -0.130. The molecule has 0 N–H and O–H groups in total. The summed E-state index contributed by atoms with van der Waals surface area (Å²) >= 11 is 6.15. The summed E-state index contributed by atoms with van der Waals surface area (Å²) in [5.41, 5.74) is 3.86. The molecule has 3 heteroatoms. The van der Waals surface area contributed by atoms with E-state index in [0.29, 0.717) is 6.42 Å². The van der Waals surface area contributed by atoms with Gasteiger partial charge in [0.25, 0.3) is 0 Å². The van der Waals surface area contributed by atoms with Gasteiger partial charge < -0.3 is 4.90 Å². The molecular formula is C21H24ClNO. The van der Waals surface area contributed by atoms with E-state index >= 15 is 0 Å². The zero-order chi connectivity index (χ0) is 16.8. The van der Waals surface area contributed by atoms with E-state index in [0.717, 1.165) is 55.8 Å². The van der Waals surface area contributed by atoms with E-state index < -0.39 is 0 Å². The monoisotopic (exact) mass is 341 g/mol. The van der Waals surface area contributed by atoms with E-state index in [-0.39, 0.29) is 5.91 Å². The predicted molar refractivity (Wildman–Crippen MR) is 99.4 cm³/mol.